The summed E-state index contributed by atoms with van der Waals surface area (Å²) in [5, 5.41) is 5.05. The zero-order valence-electron chi connectivity index (χ0n) is 31.5. The van der Waals surface area contributed by atoms with E-state index in [1.165, 1.54) is 11.1 Å². The minimum atomic E-state index is -3.91. The van der Waals surface area contributed by atoms with Crippen molar-refractivity contribution in [1.82, 2.24) is 30.1 Å². The fourth-order valence-corrected chi connectivity index (χ4v) is 9.58. The Kier molecular flexibility index (Phi) is 10.5. The number of pyridine rings is 1. The normalized spacial score (nSPS) is 29.0. The van der Waals surface area contributed by atoms with Crippen molar-refractivity contribution in [2.24, 2.45) is 17.8 Å². The quantitative estimate of drug-likeness (QED) is 0.370. The zero-order chi connectivity index (χ0) is 39.1. The average molecular weight is 775 g/mol. The van der Waals surface area contributed by atoms with E-state index < -0.39 is 74.1 Å². The summed E-state index contributed by atoms with van der Waals surface area (Å²) < 4.78 is 33.5. The van der Waals surface area contributed by atoms with Gasteiger partial charge in [0.25, 0.3) is 11.8 Å². The highest BCUT2D eigenvalue weighted by molar-refractivity contribution is 7.91. The second-order valence-electron chi connectivity index (χ2n) is 16.6. The number of sulfonamides is 1. The van der Waals surface area contributed by atoms with Crippen LogP contribution in [0.25, 0.3) is 11.1 Å². The standard InChI is InChI=1S/C40H50N6O8S/c1-39(2,3)54-38(51)42-32-15-11-6-4-5-10-14-29-19-40(29,37(50)44-55(52,53)30-16-17-30)43-34(47)33-31-24-45(22-28(31)23-46(33)36(32)49)35(48)27-18-26(20-41-21-27)25-12-8-7-9-13-25/h7-10,12-14,18,20-21,28-33H,4-6,11,15-17,19,22-24H2,1-3H3,(H,42,51)(H,43,47)(H,44,50)/b14-10-/t28-,29-,31-,32+,33-,40+/m0/s1. The van der Waals surface area contributed by atoms with Gasteiger partial charge >= 0.3 is 6.09 Å². The molecular weight excluding hydrogens is 725 g/mol. The van der Waals surface area contributed by atoms with Crippen LogP contribution in [0.2, 0.25) is 0 Å². The van der Waals surface area contributed by atoms with E-state index in [0.717, 1.165) is 24.0 Å². The summed E-state index contributed by atoms with van der Waals surface area (Å²) in [5.41, 5.74) is -0.236. The van der Waals surface area contributed by atoms with Crippen LogP contribution in [-0.2, 0) is 29.1 Å². The average Bonchev–Trinajstić information content (AvgIpc) is 4.04. The molecule has 15 heteroatoms. The number of hydrogen-bond acceptors (Lipinski definition) is 9. The Morgan fingerprint density at radius 3 is 2.45 bits per heavy atom. The summed E-state index contributed by atoms with van der Waals surface area (Å²) in [6, 6.07) is 9.30. The molecule has 5 amide bonds. The first-order valence-corrected chi connectivity index (χ1v) is 20.8. The van der Waals surface area contributed by atoms with Crippen molar-refractivity contribution in [2.45, 2.75) is 101 Å². The lowest BCUT2D eigenvalue weighted by Crippen LogP contribution is -2.60. The molecule has 0 unspecified atom stereocenters. The Morgan fingerprint density at radius 2 is 1.73 bits per heavy atom. The molecule has 14 nitrogen and oxygen atoms in total. The van der Waals surface area contributed by atoms with E-state index in [2.05, 4.69) is 20.3 Å². The Bertz CT molecular complexity index is 1980. The number of benzene rings is 1. The van der Waals surface area contributed by atoms with E-state index in [9.17, 15) is 32.4 Å². The monoisotopic (exact) mass is 774 g/mol. The SMILES string of the molecule is CC(C)(C)OC(=O)N[C@@H]1CCCCC/C=C\[C@H]2C[C@@]2(C(=O)NS(=O)(=O)C2CC2)NC(=O)[C@@H]2[C@H]3CN(C(=O)c4cncc(-c5ccccc5)c4)C[C@H]3CN2C1=O. The summed E-state index contributed by atoms with van der Waals surface area (Å²) in [6.45, 7) is 5.76. The lowest BCUT2D eigenvalue weighted by Gasteiger charge is -2.33. The first-order chi connectivity index (χ1) is 26.1. The van der Waals surface area contributed by atoms with Crippen molar-refractivity contribution in [2.75, 3.05) is 19.6 Å². The maximum Gasteiger partial charge on any atom is 0.408 e. The van der Waals surface area contributed by atoms with E-state index in [4.69, 9.17) is 4.74 Å². The van der Waals surface area contributed by atoms with Crippen molar-refractivity contribution in [3.8, 4) is 11.1 Å². The maximum absolute atomic E-state index is 14.7. The molecule has 2 saturated heterocycles. The highest BCUT2D eigenvalue weighted by atomic mass is 32.2. The van der Waals surface area contributed by atoms with E-state index >= 15 is 0 Å². The first-order valence-electron chi connectivity index (χ1n) is 19.3. The van der Waals surface area contributed by atoms with E-state index in [1.807, 2.05) is 42.5 Å². The van der Waals surface area contributed by atoms with Crippen LogP contribution >= 0.6 is 0 Å². The number of aromatic nitrogens is 1. The predicted octanol–water partition coefficient (Wildman–Crippen LogP) is 3.54. The molecule has 2 aromatic rings. The van der Waals surface area contributed by atoms with Crippen LogP contribution in [0, 0.1) is 17.8 Å². The number of fused-ring (bicyclic) bond motifs is 4. The number of nitrogens with zero attached hydrogens (tertiary/aromatic N) is 3. The van der Waals surface area contributed by atoms with E-state index in [-0.39, 0.29) is 37.9 Å². The molecule has 5 aliphatic rings. The minimum Gasteiger partial charge on any atom is -0.444 e. The molecule has 1 aromatic carbocycles. The van der Waals surface area contributed by atoms with Crippen molar-refractivity contribution in [3.05, 3.63) is 66.5 Å². The van der Waals surface area contributed by atoms with Gasteiger partial charge in [-0.2, -0.15) is 0 Å². The van der Waals surface area contributed by atoms with Gasteiger partial charge in [-0.05, 0) is 70.9 Å². The molecule has 2 aliphatic carbocycles. The fraction of sp³-hybridized carbons (Fsp3) is 0.550. The molecule has 7 rings (SSSR count). The van der Waals surface area contributed by atoms with Crippen LogP contribution in [0.5, 0.6) is 0 Å². The molecule has 294 valence electrons. The molecule has 3 aliphatic heterocycles. The van der Waals surface area contributed by atoms with Crippen LogP contribution in [0.4, 0.5) is 4.79 Å². The number of alkyl carbamates (subject to hydrolysis) is 1. The van der Waals surface area contributed by atoms with Crippen LogP contribution < -0.4 is 15.4 Å². The number of nitrogens with one attached hydrogen (secondary N) is 3. The third kappa shape index (κ3) is 8.41. The summed E-state index contributed by atoms with van der Waals surface area (Å²) in [4.78, 5) is 77.5. The van der Waals surface area contributed by atoms with Gasteiger partial charge in [-0.1, -0.05) is 55.3 Å². The molecule has 4 heterocycles. The number of carbonyl (C=O) groups is 5. The Hall–Kier alpha value is -4.79. The van der Waals surface area contributed by atoms with Crippen molar-refractivity contribution in [1.29, 1.82) is 0 Å². The lowest BCUT2D eigenvalue weighted by molar-refractivity contribution is -0.142. The second-order valence-corrected chi connectivity index (χ2v) is 18.6. The van der Waals surface area contributed by atoms with Gasteiger partial charge in [0.05, 0.1) is 10.8 Å². The summed E-state index contributed by atoms with van der Waals surface area (Å²) >= 11 is 0. The molecule has 55 heavy (non-hydrogen) atoms. The van der Waals surface area contributed by atoms with Gasteiger partial charge in [0, 0.05) is 55.3 Å². The van der Waals surface area contributed by atoms with Gasteiger partial charge in [-0.15, -0.1) is 0 Å². The lowest BCUT2D eigenvalue weighted by atomic mass is 9.93. The Morgan fingerprint density at radius 1 is 0.964 bits per heavy atom. The van der Waals surface area contributed by atoms with Crippen LogP contribution in [0.3, 0.4) is 0 Å². The molecule has 0 spiro atoms. The molecule has 2 saturated carbocycles. The van der Waals surface area contributed by atoms with Gasteiger partial charge in [-0.3, -0.25) is 28.9 Å². The zero-order valence-corrected chi connectivity index (χ0v) is 32.3. The highest BCUT2D eigenvalue weighted by Crippen LogP contribution is 2.47. The minimum absolute atomic E-state index is 0.138. The Balaban J connectivity index is 1.18. The van der Waals surface area contributed by atoms with Gasteiger partial charge in [0.15, 0.2) is 0 Å². The number of carbonyl (C=O) groups excluding carboxylic acids is 5. The smallest absolute Gasteiger partial charge is 0.408 e. The number of ether oxygens (including phenoxy) is 1. The Labute approximate surface area is 321 Å². The van der Waals surface area contributed by atoms with Crippen molar-refractivity contribution < 1.29 is 37.1 Å². The van der Waals surface area contributed by atoms with Crippen LogP contribution in [0.1, 0.15) is 82.5 Å². The summed E-state index contributed by atoms with van der Waals surface area (Å²) in [6.07, 6.45) is 10.6. The van der Waals surface area contributed by atoms with E-state index in [1.54, 1.807) is 37.9 Å². The largest absolute Gasteiger partial charge is 0.444 e. The van der Waals surface area contributed by atoms with Gasteiger partial charge < -0.3 is 25.2 Å². The molecule has 4 fully saturated rings. The molecule has 0 radical (unpaired) electrons. The third-order valence-electron chi connectivity index (χ3n) is 11.3. The first kappa shape index (κ1) is 38.5. The van der Waals surface area contributed by atoms with E-state index in [0.29, 0.717) is 37.7 Å². The van der Waals surface area contributed by atoms with Gasteiger partial charge in [0.1, 0.15) is 23.2 Å². The summed E-state index contributed by atoms with van der Waals surface area (Å²) in [7, 11) is -3.91. The molecule has 0 bridgehead atoms. The topological polar surface area (TPSA) is 184 Å². The number of likely N-dealkylation sites (tertiary alicyclic amines) is 1. The second kappa shape index (κ2) is 15.0. The number of amides is 5. The highest BCUT2D eigenvalue weighted by Gasteiger charge is 2.63. The fourth-order valence-electron chi connectivity index (χ4n) is 8.21. The molecule has 1 aromatic heterocycles. The van der Waals surface area contributed by atoms with Crippen LogP contribution in [0.15, 0.2) is 60.9 Å². The van der Waals surface area contributed by atoms with Gasteiger partial charge in [0.2, 0.25) is 21.8 Å². The molecule has 3 N–H and O–H groups in total. The predicted molar refractivity (Wildman–Crippen MR) is 203 cm³/mol. The molecular formula is C40H50N6O8S. The maximum atomic E-state index is 14.7. The number of hydrogen-bond donors (Lipinski definition) is 3. The van der Waals surface area contributed by atoms with Crippen LogP contribution in [-0.4, -0.2) is 101 Å². The number of allylic oxidation sites excluding steroid dienone is 1. The number of rotatable bonds is 6. The van der Waals surface area contributed by atoms with Crippen molar-refractivity contribution in [3.63, 3.8) is 0 Å². The van der Waals surface area contributed by atoms with Crippen molar-refractivity contribution >= 4 is 39.7 Å². The molecule has 6 atom stereocenters. The third-order valence-corrected chi connectivity index (χ3v) is 13.1. The van der Waals surface area contributed by atoms with Gasteiger partial charge in [-0.25, -0.2) is 13.2 Å². The summed E-state index contributed by atoms with van der Waals surface area (Å²) in [5.74, 6) is -3.34.